The monoisotopic (exact) mass is 232 g/mol. The average molecular weight is 232 g/mol. The van der Waals surface area contributed by atoms with Crippen molar-refractivity contribution in [1.29, 1.82) is 0 Å². The molecule has 0 radical (unpaired) electrons. The Labute approximate surface area is 105 Å². The van der Waals surface area contributed by atoms with Crippen LogP contribution in [0.4, 0.5) is 0 Å². The van der Waals surface area contributed by atoms with Crippen LogP contribution in [0.5, 0.6) is 0 Å². The minimum absolute atomic E-state index is 0.0529. The van der Waals surface area contributed by atoms with Crippen molar-refractivity contribution in [2.24, 2.45) is 5.41 Å². The first kappa shape index (κ1) is 14.0. The molecule has 0 saturated heterocycles. The zero-order valence-corrected chi connectivity index (χ0v) is 11.9. The third kappa shape index (κ3) is 3.99. The van der Waals surface area contributed by atoms with Crippen LogP contribution in [0, 0.1) is 12.3 Å². The first-order valence-corrected chi connectivity index (χ1v) is 6.34. The maximum Gasteiger partial charge on any atom is 0.163 e. The quantitative estimate of drug-likeness (QED) is 0.688. The molecule has 17 heavy (non-hydrogen) atoms. The highest BCUT2D eigenvalue weighted by Crippen LogP contribution is 2.25. The van der Waals surface area contributed by atoms with E-state index >= 15 is 0 Å². The second-order valence-corrected chi connectivity index (χ2v) is 6.39. The predicted molar refractivity (Wildman–Crippen MR) is 73.7 cm³/mol. The van der Waals surface area contributed by atoms with E-state index in [-0.39, 0.29) is 11.2 Å². The summed E-state index contributed by atoms with van der Waals surface area (Å²) in [5.74, 6) is 0.731. The summed E-state index contributed by atoms with van der Waals surface area (Å²) in [6.07, 6.45) is 0.607. The molecule has 1 aromatic carbocycles. The van der Waals surface area contributed by atoms with Crippen molar-refractivity contribution >= 4 is 5.78 Å². The first-order chi connectivity index (χ1) is 7.70. The summed E-state index contributed by atoms with van der Waals surface area (Å²) in [7, 11) is 0. The molecule has 0 unspecified atom stereocenters. The summed E-state index contributed by atoms with van der Waals surface area (Å²) < 4.78 is 0. The molecule has 0 N–H and O–H groups in total. The molecule has 0 aliphatic carbocycles. The average Bonchev–Trinajstić information content (AvgIpc) is 2.14. The molecule has 0 aliphatic heterocycles. The number of rotatable bonds is 3. The zero-order valence-electron chi connectivity index (χ0n) is 11.9. The van der Waals surface area contributed by atoms with Crippen LogP contribution < -0.4 is 0 Å². The molecule has 1 heteroatoms. The Hall–Kier alpha value is -1.11. The van der Waals surface area contributed by atoms with Crippen LogP contribution in [-0.2, 0) is 0 Å². The lowest BCUT2D eigenvalue weighted by atomic mass is 9.86. The molecule has 0 heterocycles. The Morgan fingerprint density at radius 3 is 2.29 bits per heavy atom. The van der Waals surface area contributed by atoms with Gasteiger partial charge in [-0.3, -0.25) is 4.79 Å². The van der Waals surface area contributed by atoms with E-state index in [4.69, 9.17) is 0 Å². The Bertz CT molecular complexity index is 408. The number of hydrogen-bond donors (Lipinski definition) is 0. The molecule has 94 valence electrons. The third-order valence-electron chi connectivity index (χ3n) is 2.92. The molecule has 1 aromatic rings. The van der Waals surface area contributed by atoms with Gasteiger partial charge in [0.05, 0.1) is 0 Å². The van der Waals surface area contributed by atoms with Crippen LogP contribution in [0.3, 0.4) is 0 Å². The maximum absolute atomic E-state index is 12.3. The smallest absolute Gasteiger partial charge is 0.163 e. The van der Waals surface area contributed by atoms with E-state index in [1.54, 1.807) is 0 Å². The van der Waals surface area contributed by atoms with Crippen molar-refractivity contribution in [2.45, 2.75) is 53.9 Å². The summed E-state index contributed by atoms with van der Waals surface area (Å²) in [6.45, 7) is 12.6. The molecule has 0 amide bonds. The van der Waals surface area contributed by atoms with Gasteiger partial charge in [0.25, 0.3) is 0 Å². The van der Waals surface area contributed by atoms with E-state index in [9.17, 15) is 4.79 Å². The van der Waals surface area contributed by atoms with Gasteiger partial charge in [-0.15, -0.1) is 0 Å². The lowest BCUT2D eigenvalue weighted by Gasteiger charge is -2.18. The molecular weight excluding hydrogens is 208 g/mol. The minimum atomic E-state index is 0.0529. The van der Waals surface area contributed by atoms with Crippen LogP contribution in [-0.4, -0.2) is 5.78 Å². The highest BCUT2D eigenvalue weighted by atomic mass is 16.1. The normalized spacial score (nSPS) is 11.9. The van der Waals surface area contributed by atoms with E-state index in [0.29, 0.717) is 12.3 Å². The van der Waals surface area contributed by atoms with Gasteiger partial charge in [0.15, 0.2) is 5.78 Å². The maximum atomic E-state index is 12.3. The largest absolute Gasteiger partial charge is 0.294 e. The lowest BCUT2D eigenvalue weighted by molar-refractivity contribution is 0.0939. The van der Waals surface area contributed by atoms with Gasteiger partial charge in [-0.05, 0) is 35.4 Å². The second kappa shape index (κ2) is 5.03. The van der Waals surface area contributed by atoms with E-state index in [2.05, 4.69) is 52.8 Å². The van der Waals surface area contributed by atoms with Crippen LogP contribution in [0.1, 0.15) is 68.4 Å². The molecule has 0 bridgehead atoms. The van der Waals surface area contributed by atoms with Crippen molar-refractivity contribution in [2.75, 3.05) is 0 Å². The Morgan fingerprint density at radius 1 is 1.24 bits per heavy atom. The predicted octanol–water partition coefficient (Wildman–Crippen LogP) is 4.74. The molecule has 1 nitrogen and oxygen atoms in total. The molecular formula is C16H24O. The van der Waals surface area contributed by atoms with Gasteiger partial charge < -0.3 is 0 Å². The fourth-order valence-electron chi connectivity index (χ4n) is 1.88. The van der Waals surface area contributed by atoms with E-state index < -0.39 is 0 Å². The fourth-order valence-corrected chi connectivity index (χ4v) is 1.88. The molecule has 1 rings (SSSR count). The fraction of sp³-hybridized carbons (Fsp3) is 0.562. The van der Waals surface area contributed by atoms with Gasteiger partial charge >= 0.3 is 0 Å². The molecule has 0 saturated carbocycles. The van der Waals surface area contributed by atoms with Crippen LogP contribution in [0.15, 0.2) is 18.2 Å². The number of benzene rings is 1. The van der Waals surface area contributed by atoms with Gasteiger partial charge in [0.1, 0.15) is 0 Å². The van der Waals surface area contributed by atoms with E-state index in [1.165, 1.54) is 5.56 Å². The summed E-state index contributed by atoms with van der Waals surface area (Å²) in [6, 6.07) is 6.24. The first-order valence-electron chi connectivity index (χ1n) is 6.34. The van der Waals surface area contributed by atoms with Crippen LogP contribution in [0.2, 0.25) is 0 Å². The molecule has 0 fully saturated rings. The van der Waals surface area contributed by atoms with Gasteiger partial charge in [-0.1, -0.05) is 46.8 Å². The SMILES string of the molecule is Cc1ccc(C(C)C)cc1C(=O)CC(C)(C)C. The van der Waals surface area contributed by atoms with Crippen molar-refractivity contribution in [1.82, 2.24) is 0 Å². The number of ketones is 1. The number of Topliss-reactive ketones (excluding diaryl/α,β-unsaturated/α-hetero) is 1. The number of hydrogen-bond acceptors (Lipinski definition) is 1. The van der Waals surface area contributed by atoms with Gasteiger partial charge in [-0.25, -0.2) is 0 Å². The highest BCUT2D eigenvalue weighted by Gasteiger charge is 2.19. The Kier molecular flexibility index (Phi) is 4.13. The van der Waals surface area contributed by atoms with Crippen LogP contribution in [0.25, 0.3) is 0 Å². The Morgan fingerprint density at radius 2 is 1.82 bits per heavy atom. The van der Waals surface area contributed by atoms with Gasteiger partial charge in [0.2, 0.25) is 0 Å². The zero-order chi connectivity index (χ0) is 13.2. The molecule has 0 aromatic heterocycles. The second-order valence-electron chi connectivity index (χ2n) is 6.39. The summed E-state index contributed by atoms with van der Waals surface area (Å²) in [5, 5.41) is 0. The summed E-state index contributed by atoms with van der Waals surface area (Å²) in [4.78, 5) is 12.3. The standard InChI is InChI=1S/C16H24O/c1-11(2)13-8-7-12(3)14(9-13)15(17)10-16(4,5)6/h7-9,11H,10H2,1-6H3. The van der Waals surface area contributed by atoms with E-state index in [0.717, 1.165) is 11.1 Å². The van der Waals surface area contributed by atoms with E-state index in [1.807, 2.05) is 6.92 Å². The topological polar surface area (TPSA) is 17.1 Å². The number of carbonyl (C=O) groups is 1. The van der Waals surface area contributed by atoms with Crippen LogP contribution >= 0.6 is 0 Å². The van der Waals surface area contributed by atoms with Crippen molar-refractivity contribution < 1.29 is 4.79 Å². The molecule has 0 spiro atoms. The summed E-state index contributed by atoms with van der Waals surface area (Å²) >= 11 is 0. The Balaban J connectivity index is 3.04. The minimum Gasteiger partial charge on any atom is -0.294 e. The van der Waals surface area contributed by atoms with Crippen molar-refractivity contribution in [3.63, 3.8) is 0 Å². The third-order valence-corrected chi connectivity index (χ3v) is 2.92. The summed E-state index contributed by atoms with van der Waals surface area (Å²) in [5.41, 5.74) is 3.28. The highest BCUT2D eigenvalue weighted by molar-refractivity contribution is 5.98. The lowest BCUT2D eigenvalue weighted by Crippen LogP contribution is -2.14. The van der Waals surface area contributed by atoms with Crippen molar-refractivity contribution in [3.8, 4) is 0 Å². The molecule has 0 aliphatic rings. The van der Waals surface area contributed by atoms with Crippen molar-refractivity contribution in [3.05, 3.63) is 34.9 Å². The number of carbonyl (C=O) groups excluding carboxylic acids is 1. The number of aryl methyl sites for hydroxylation is 1. The van der Waals surface area contributed by atoms with Gasteiger partial charge in [0, 0.05) is 12.0 Å². The van der Waals surface area contributed by atoms with Gasteiger partial charge in [-0.2, -0.15) is 0 Å². The molecule has 0 atom stereocenters.